The van der Waals surface area contributed by atoms with Crippen molar-refractivity contribution in [3.05, 3.63) is 87.7 Å². The molecular formula is C21H15ClN4O2S. The van der Waals surface area contributed by atoms with Crippen LogP contribution < -0.4 is 10.9 Å². The summed E-state index contributed by atoms with van der Waals surface area (Å²) in [6.45, 7) is 0. The zero-order chi connectivity index (χ0) is 20.2. The van der Waals surface area contributed by atoms with Crippen molar-refractivity contribution in [1.82, 2.24) is 15.2 Å². The van der Waals surface area contributed by atoms with Crippen molar-refractivity contribution >= 4 is 34.0 Å². The van der Waals surface area contributed by atoms with Gasteiger partial charge in [-0.1, -0.05) is 60.7 Å². The van der Waals surface area contributed by atoms with E-state index in [-0.39, 0.29) is 11.4 Å². The van der Waals surface area contributed by atoms with Gasteiger partial charge in [-0.05, 0) is 5.56 Å². The first-order chi connectivity index (χ1) is 14.2. The molecule has 0 aliphatic rings. The Morgan fingerprint density at radius 1 is 1.03 bits per heavy atom. The molecule has 4 rings (SSSR count). The standard InChI is InChI=1S/C21H15ClN4O2S/c22-11-15-12-29-21(23-15)24-19(27)17-16(13-7-3-1-4-8-13)18(25-26-20(17)28)14-9-5-2-6-10-14/h1-10,12H,11H2,(H,26,28)(H,23,24,27). The maximum Gasteiger partial charge on any atom is 0.277 e. The summed E-state index contributed by atoms with van der Waals surface area (Å²) in [5.41, 5.74) is 2.55. The average Bonchev–Trinajstić information content (AvgIpc) is 3.22. The molecule has 144 valence electrons. The lowest BCUT2D eigenvalue weighted by Crippen LogP contribution is -2.26. The smallest absolute Gasteiger partial charge is 0.277 e. The Balaban J connectivity index is 1.88. The number of aromatic nitrogens is 3. The van der Waals surface area contributed by atoms with Gasteiger partial charge in [-0.15, -0.1) is 22.9 Å². The van der Waals surface area contributed by atoms with E-state index in [0.29, 0.717) is 22.1 Å². The quantitative estimate of drug-likeness (QED) is 0.462. The van der Waals surface area contributed by atoms with Gasteiger partial charge in [0.05, 0.1) is 17.3 Å². The first-order valence-electron chi connectivity index (χ1n) is 8.72. The number of nitrogens with one attached hydrogen (secondary N) is 2. The topological polar surface area (TPSA) is 87.7 Å². The second-order valence-corrected chi connectivity index (χ2v) is 7.24. The Bertz CT molecular complexity index is 1210. The van der Waals surface area contributed by atoms with Crippen LogP contribution in [0.15, 0.2) is 70.8 Å². The Morgan fingerprint density at radius 3 is 2.31 bits per heavy atom. The Labute approximate surface area is 175 Å². The molecule has 29 heavy (non-hydrogen) atoms. The Kier molecular flexibility index (Phi) is 5.50. The van der Waals surface area contributed by atoms with Gasteiger partial charge in [0.2, 0.25) is 0 Å². The van der Waals surface area contributed by atoms with Crippen LogP contribution in [0.1, 0.15) is 16.1 Å². The second-order valence-electron chi connectivity index (χ2n) is 6.12. The van der Waals surface area contributed by atoms with E-state index in [2.05, 4.69) is 20.5 Å². The van der Waals surface area contributed by atoms with Crippen LogP contribution in [0, 0.1) is 0 Å². The molecule has 2 N–H and O–H groups in total. The summed E-state index contributed by atoms with van der Waals surface area (Å²) in [5, 5.41) is 11.5. The van der Waals surface area contributed by atoms with Gasteiger partial charge >= 0.3 is 0 Å². The average molecular weight is 423 g/mol. The van der Waals surface area contributed by atoms with Crippen molar-refractivity contribution < 1.29 is 4.79 Å². The van der Waals surface area contributed by atoms with E-state index in [1.54, 1.807) is 5.38 Å². The number of rotatable bonds is 5. The fraction of sp³-hybridized carbons (Fsp3) is 0.0476. The zero-order valence-corrected chi connectivity index (χ0v) is 16.6. The number of carbonyl (C=O) groups is 1. The molecule has 2 heterocycles. The maximum atomic E-state index is 13.1. The molecule has 0 atom stereocenters. The highest BCUT2D eigenvalue weighted by atomic mass is 35.5. The van der Waals surface area contributed by atoms with E-state index in [1.807, 2.05) is 60.7 Å². The third-order valence-corrected chi connectivity index (χ3v) is 5.31. The van der Waals surface area contributed by atoms with Gasteiger partial charge in [0.15, 0.2) is 5.13 Å². The predicted molar refractivity (Wildman–Crippen MR) is 115 cm³/mol. The van der Waals surface area contributed by atoms with Gasteiger partial charge in [-0.3, -0.25) is 14.9 Å². The summed E-state index contributed by atoms with van der Waals surface area (Å²) >= 11 is 7.03. The molecule has 0 radical (unpaired) electrons. The van der Waals surface area contributed by atoms with E-state index in [1.165, 1.54) is 11.3 Å². The number of carbonyl (C=O) groups excluding carboxylic acids is 1. The molecule has 2 aromatic heterocycles. The van der Waals surface area contributed by atoms with Gasteiger partial charge in [-0.2, -0.15) is 5.10 Å². The van der Waals surface area contributed by atoms with E-state index in [9.17, 15) is 9.59 Å². The van der Waals surface area contributed by atoms with Gasteiger partial charge < -0.3 is 0 Å². The number of anilines is 1. The summed E-state index contributed by atoms with van der Waals surface area (Å²) in [7, 11) is 0. The SMILES string of the molecule is O=C(Nc1nc(CCl)cs1)c1c(-c2ccccc2)c(-c2ccccc2)n[nH]c1=O. The van der Waals surface area contributed by atoms with Crippen LogP contribution in [0.25, 0.3) is 22.4 Å². The number of nitrogens with zero attached hydrogens (tertiary/aromatic N) is 2. The van der Waals surface area contributed by atoms with E-state index in [4.69, 9.17) is 11.6 Å². The molecule has 0 spiro atoms. The predicted octanol–water partition coefficient (Wildman–Crippen LogP) is 4.55. The molecule has 0 aliphatic carbocycles. The number of hydrogen-bond donors (Lipinski definition) is 2. The normalized spacial score (nSPS) is 10.7. The van der Waals surface area contributed by atoms with Crippen LogP contribution in [0.3, 0.4) is 0 Å². The molecule has 0 saturated carbocycles. The van der Waals surface area contributed by atoms with Crippen LogP contribution in [0.2, 0.25) is 0 Å². The summed E-state index contributed by atoms with van der Waals surface area (Å²) in [5.74, 6) is -0.310. The molecule has 0 unspecified atom stereocenters. The minimum Gasteiger partial charge on any atom is -0.298 e. The van der Waals surface area contributed by atoms with Crippen molar-refractivity contribution in [1.29, 1.82) is 0 Å². The summed E-state index contributed by atoms with van der Waals surface area (Å²) < 4.78 is 0. The largest absolute Gasteiger partial charge is 0.298 e. The van der Waals surface area contributed by atoms with Crippen molar-refractivity contribution in [2.75, 3.05) is 5.32 Å². The van der Waals surface area contributed by atoms with Gasteiger partial charge in [0.1, 0.15) is 5.56 Å². The number of aromatic amines is 1. The molecule has 0 fully saturated rings. The number of thiazole rings is 1. The highest BCUT2D eigenvalue weighted by Crippen LogP contribution is 2.32. The van der Waals surface area contributed by atoms with Crippen molar-refractivity contribution in [2.45, 2.75) is 5.88 Å². The van der Waals surface area contributed by atoms with E-state index >= 15 is 0 Å². The molecule has 2 aromatic carbocycles. The minimum absolute atomic E-state index is 0.0207. The van der Waals surface area contributed by atoms with Crippen LogP contribution in [-0.2, 0) is 5.88 Å². The number of alkyl halides is 1. The Hall–Kier alpha value is -3.29. The van der Waals surface area contributed by atoms with Crippen LogP contribution in [0.5, 0.6) is 0 Å². The van der Waals surface area contributed by atoms with Crippen molar-refractivity contribution in [2.24, 2.45) is 0 Å². The number of H-pyrrole nitrogens is 1. The minimum atomic E-state index is -0.574. The fourth-order valence-electron chi connectivity index (χ4n) is 2.94. The zero-order valence-electron chi connectivity index (χ0n) is 15.1. The number of amides is 1. The van der Waals surface area contributed by atoms with Gasteiger partial charge in [-0.25, -0.2) is 10.1 Å². The molecule has 8 heteroatoms. The van der Waals surface area contributed by atoms with Crippen molar-refractivity contribution in [3.63, 3.8) is 0 Å². The number of benzene rings is 2. The maximum absolute atomic E-state index is 13.1. The molecule has 0 aliphatic heterocycles. The third-order valence-electron chi connectivity index (χ3n) is 4.23. The van der Waals surface area contributed by atoms with E-state index < -0.39 is 11.5 Å². The van der Waals surface area contributed by atoms with Gasteiger partial charge in [0, 0.05) is 16.5 Å². The lowest BCUT2D eigenvalue weighted by molar-refractivity contribution is 0.102. The molecule has 4 aromatic rings. The first kappa shape index (κ1) is 19.0. The molecule has 0 saturated heterocycles. The van der Waals surface area contributed by atoms with Crippen LogP contribution in [-0.4, -0.2) is 21.1 Å². The molecular weight excluding hydrogens is 408 g/mol. The van der Waals surface area contributed by atoms with E-state index in [0.717, 1.165) is 11.1 Å². The molecule has 0 bridgehead atoms. The van der Waals surface area contributed by atoms with Crippen molar-refractivity contribution in [3.8, 4) is 22.4 Å². The Morgan fingerprint density at radius 2 is 1.69 bits per heavy atom. The summed E-state index contributed by atoms with van der Waals surface area (Å²) in [4.78, 5) is 30.0. The number of hydrogen-bond acceptors (Lipinski definition) is 5. The molecule has 1 amide bonds. The highest BCUT2D eigenvalue weighted by Gasteiger charge is 2.23. The fourth-order valence-corrected chi connectivity index (χ4v) is 3.88. The highest BCUT2D eigenvalue weighted by molar-refractivity contribution is 7.14. The van der Waals surface area contributed by atoms with Crippen LogP contribution >= 0.6 is 22.9 Å². The number of halogens is 1. The first-order valence-corrected chi connectivity index (χ1v) is 10.1. The monoisotopic (exact) mass is 422 g/mol. The van der Waals surface area contributed by atoms with Crippen LogP contribution in [0.4, 0.5) is 5.13 Å². The third kappa shape index (κ3) is 3.96. The summed E-state index contributed by atoms with van der Waals surface area (Å²) in [6.07, 6.45) is 0. The lowest BCUT2D eigenvalue weighted by Gasteiger charge is -2.13. The van der Waals surface area contributed by atoms with Gasteiger partial charge in [0.25, 0.3) is 11.5 Å². The second kappa shape index (κ2) is 8.38. The summed E-state index contributed by atoms with van der Waals surface area (Å²) in [6, 6.07) is 18.6. The lowest BCUT2D eigenvalue weighted by atomic mass is 9.95. The molecule has 6 nitrogen and oxygen atoms in total.